The minimum atomic E-state index is -3.85. The lowest BCUT2D eigenvalue weighted by atomic mass is 10.2. The number of rotatable bonds is 5. The molecule has 0 saturated carbocycles. The Balaban J connectivity index is 3.21. The van der Waals surface area contributed by atoms with Gasteiger partial charge in [-0.15, -0.1) is 0 Å². The van der Waals surface area contributed by atoms with Gasteiger partial charge in [-0.1, -0.05) is 29.4 Å². The van der Waals surface area contributed by atoms with Crippen molar-refractivity contribution in [1.29, 1.82) is 0 Å². The first-order chi connectivity index (χ1) is 8.25. The maximum atomic E-state index is 11.5. The van der Waals surface area contributed by atoms with Crippen LogP contribution in [0.3, 0.4) is 0 Å². The summed E-state index contributed by atoms with van der Waals surface area (Å²) in [4.78, 5) is -0.0278. The molecule has 0 saturated heterocycles. The standard InChI is InChI=1S/C12H14BrClO3S/c1-4-8(2)7-17-12-9(3)5-10(13)6-11(12)18(14,15)16/h5-6H,2,4,7H2,1,3H3. The monoisotopic (exact) mass is 352 g/mol. The van der Waals surface area contributed by atoms with E-state index in [1.807, 2.05) is 6.92 Å². The van der Waals surface area contributed by atoms with E-state index in [4.69, 9.17) is 15.4 Å². The summed E-state index contributed by atoms with van der Waals surface area (Å²) in [5.41, 5.74) is 1.59. The van der Waals surface area contributed by atoms with Crippen LogP contribution in [0.5, 0.6) is 5.75 Å². The van der Waals surface area contributed by atoms with Gasteiger partial charge in [-0.25, -0.2) is 8.42 Å². The predicted octanol–water partition coefficient (Wildman–Crippen LogP) is 4.03. The Labute approximate surface area is 120 Å². The van der Waals surface area contributed by atoms with Gasteiger partial charge in [0.15, 0.2) is 0 Å². The maximum absolute atomic E-state index is 11.5. The fraction of sp³-hybridized carbons (Fsp3) is 0.333. The lowest BCUT2D eigenvalue weighted by Gasteiger charge is -2.13. The third-order valence-corrected chi connectivity index (χ3v) is 4.17. The van der Waals surface area contributed by atoms with Crippen LogP contribution >= 0.6 is 26.6 Å². The number of benzene rings is 1. The normalized spacial score (nSPS) is 11.3. The van der Waals surface area contributed by atoms with E-state index in [-0.39, 0.29) is 17.3 Å². The van der Waals surface area contributed by atoms with Gasteiger partial charge in [0.25, 0.3) is 9.05 Å². The molecule has 0 spiro atoms. The van der Waals surface area contributed by atoms with Gasteiger partial charge >= 0.3 is 0 Å². The van der Waals surface area contributed by atoms with Crippen molar-refractivity contribution in [3.05, 3.63) is 34.3 Å². The molecule has 0 N–H and O–H groups in total. The third kappa shape index (κ3) is 4.00. The van der Waals surface area contributed by atoms with Crippen molar-refractivity contribution in [1.82, 2.24) is 0 Å². The summed E-state index contributed by atoms with van der Waals surface area (Å²) in [6.45, 7) is 7.81. The molecule has 0 radical (unpaired) electrons. The van der Waals surface area contributed by atoms with E-state index >= 15 is 0 Å². The first-order valence-corrected chi connectivity index (χ1v) is 8.40. The smallest absolute Gasteiger partial charge is 0.265 e. The Bertz CT molecular complexity index is 567. The van der Waals surface area contributed by atoms with Crippen molar-refractivity contribution in [2.24, 2.45) is 0 Å². The summed E-state index contributed by atoms with van der Waals surface area (Å²) in [5, 5.41) is 0. The molecule has 0 aliphatic rings. The zero-order valence-corrected chi connectivity index (χ0v) is 13.3. The van der Waals surface area contributed by atoms with Crippen LogP contribution in [0.4, 0.5) is 0 Å². The highest BCUT2D eigenvalue weighted by Gasteiger charge is 2.20. The van der Waals surface area contributed by atoms with E-state index in [9.17, 15) is 8.42 Å². The fourth-order valence-corrected chi connectivity index (χ4v) is 3.12. The summed E-state index contributed by atoms with van der Waals surface area (Å²) in [7, 11) is 1.56. The zero-order chi connectivity index (χ0) is 13.9. The Morgan fingerprint density at radius 1 is 1.50 bits per heavy atom. The molecule has 18 heavy (non-hydrogen) atoms. The predicted molar refractivity (Wildman–Crippen MR) is 76.8 cm³/mol. The Morgan fingerprint density at radius 3 is 2.61 bits per heavy atom. The van der Waals surface area contributed by atoms with Crippen LogP contribution in [0.1, 0.15) is 18.9 Å². The first kappa shape index (κ1) is 15.5. The number of hydrogen-bond acceptors (Lipinski definition) is 3. The van der Waals surface area contributed by atoms with E-state index in [0.29, 0.717) is 10.0 Å². The van der Waals surface area contributed by atoms with E-state index < -0.39 is 9.05 Å². The molecule has 0 amide bonds. The minimum Gasteiger partial charge on any atom is -0.488 e. The largest absolute Gasteiger partial charge is 0.488 e. The molecule has 0 heterocycles. The zero-order valence-electron chi connectivity index (χ0n) is 10.2. The maximum Gasteiger partial charge on any atom is 0.265 e. The fourth-order valence-electron chi connectivity index (χ4n) is 1.34. The van der Waals surface area contributed by atoms with E-state index in [2.05, 4.69) is 22.5 Å². The highest BCUT2D eigenvalue weighted by molar-refractivity contribution is 9.10. The van der Waals surface area contributed by atoms with Crippen LogP contribution in [0.2, 0.25) is 0 Å². The quantitative estimate of drug-likeness (QED) is 0.593. The van der Waals surface area contributed by atoms with Crippen molar-refractivity contribution >= 4 is 35.7 Å². The van der Waals surface area contributed by atoms with Crippen LogP contribution in [0.15, 0.2) is 33.7 Å². The van der Waals surface area contributed by atoms with Crippen LogP contribution < -0.4 is 4.74 Å². The molecule has 0 aliphatic carbocycles. The number of aryl methyl sites for hydroxylation is 1. The second-order valence-electron chi connectivity index (χ2n) is 3.88. The van der Waals surface area contributed by atoms with E-state index in [0.717, 1.165) is 12.0 Å². The number of ether oxygens (including phenoxy) is 1. The summed E-state index contributed by atoms with van der Waals surface area (Å²) in [6, 6.07) is 3.20. The minimum absolute atomic E-state index is 0.0278. The van der Waals surface area contributed by atoms with Gasteiger partial charge in [-0.05, 0) is 36.6 Å². The summed E-state index contributed by atoms with van der Waals surface area (Å²) < 4.78 is 29.2. The first-order valence-electron chi connectivity index (χ1n) is 5.30. The van der Waals surface area contributed by atoms with Gasteiger partial charge < -0.3 is 4.74 Å². The average molecular weight is 354 g/mol. The van der Waals surface area contributed by atoms with Gasteiger partial charge in [0.2, 0.25) is 0 Å². The third-order valence-electron chi connectivity index (χ3n) is 2.39. The Morgan fingerprint density at radius 2 is 2.11 bits per heavy atom. The number of hydrogen-bond donors (Lipinski definition) is 0. The average Bonchev–Trinajstić information content (AvgIpc) is 2.25. The molecule has 1 rings (SSSR count). The lowest BCUT2D eigenvalue weighted by Crippen LogP contribution is -2.05. The summed E-state index contributed by atoms with van der Waals surface area (Å²) in [5.74, 6) is 0.280. The second-order valence-corrected chi connectivity index (χ2v) is 7.33. The van der Waals surface area contributed by atoms with Crippen molar-refractivity contribution in [2.75, 3.05) is 6.61 Å². The van der Waals surface area contributed by atoms with Crippen LogP contribution in [0.25, 0.3) is 0 Å². The lowest BCUT2D eigenvalue weighted by molar-refractivity contribution is 0.337. The van der Waals surface area contributed by atoms with Crippen LogP contribution in [-0.2, 0) is 9.05 Å². The molecular weight excluding hydrogens is 340 g/mol. The van der Waals surface area contributed by atoms with Crippen LogP contribution in [0, 0.1) is 6.92 Å². The molecule has 1 aromatic rings. The molecule has 3 nitrogen and oxygen atoms in total. The van der Waals surface area contributed by atoms with Crippen molar-refractivity contribution in [2.45, 2.75) is 25.2 Å². The molecule has 0 unspecified atom stereocenters. The van der Waals surface area contributed by atoms with Gasteiger partial charge in [-0.2, -0.15) is 0 Å². The molecule has 1 aromatic carbocycles. The highest BCUT2D eigenvalue weighted by atomic mass is 79.9. The van der Waals surface area contributed by atoms with Crippen molar-refractivity contribution in [3.63, 3.8) is 0 Å². The molecule has 0 aliphatic heterocycles. The van der Waals surface area contributed by atoms with Gasteiger partial charge in [-0.3, -0.25) is 0 Å². The SMILES string of the molecule is C=C(CC)COc1c(C)cc(Br)cc1S(=O)(=O)Cl. The Kier molecular flexibility index (Phi) is 5.25. The van der Waals surface area contributed by atoms with E-state index in [1.165, 1.54) is 6.07 Å². The highest BCUT2D eigenvalue weighted by Crippen LogP contribution is 2.33. The Hall–Kier alpha value is -0.520. The molecule has 0 atom stereocenters. The molecule has 0 aromatic heterocycles. The van der Waals surface area contributed by atoms with Crippen molar-refractivity contribution < 1.29 is 13.2 Å². The topological polar surface area (TPSA) is 43.4 Å². The molecule has 100 valence electrons. The summed E-state index contributed by atoms with van der Waals surface area (Å²) in [6.07, 6.45) is 0.776. The number of halogens is 2. The van der Waals surface area contributed by atoms with Crippen molar-refractivity contribution in [3.8, 4) is 5.75 Å². The van der Waals surface area contributed by atoms with E-state index in [1.54, 1.807) is 13.0 Å². The van der Waals surface area contributed by atoms with Gasteiger partial charge in [0, 0.05) is 15.2 Å². The molecule has 0 bridgehead atoms. The summed E-state index contributed by atoms with van der Waals surface area (Å²) >= 11 is 3.24. The molecule has 6 heteroatoms. The van der Waals surface area contributed by atoms with Gasteiger partial charge in [0.1, 0.15) is 17.3 Å². The molecule has 0 fully saturated rings. The molecular formula is C12H14BrClO3S. The second kappa shape index (κ2) is 6.08. The van der Waals surface area contributed by atoms with Gasteiger partial charge in [0.05, 0.1) is 0 Å². The van der Waals surface area contributed by atoms with Crippen LogP contribution in [-0.4, -0.2) is 15.0 Å².